The van der Waals surface area contributed by atoms with Crippen LogP contribution in [0.3, 0.4) is 0 Å². The topological polar surface area (TPSA) is 68.0 Å². The molecule has 0 saturated heterocycles. The van der Waals surface area contributed by atoms with Gasteiger partial charge in [0.25, 0.3) is 0 Å². The maximum atomic E-state index is 11.5. The van der Waals surface area contributed by atoms with Crippen LogP contribution in [0, 0.1) is 5.92 Å². The second-order valence-corrected chi connectivity index (χ2v) is 4.98. The third kappa shape index (κ3) is 2.95. The Hall–Kier alpha value is -1.69. The molecule has 0 atom stereocenters. The van der Waals surface area contributed by atoms with E-state index >= 15 is 0 Å². The zero-order valence-corrected chi connectivity index (χ0v) is 11.6. The number of nitrogens with zero attached hydrogens (tertiary/aromatic N) is 2. The van der Waals surface area contributed by atoms with E-state index in [4.69, 9.17) is 4.42 Å². The highest BCUT2D eigenvalue weighted by Crippen LogP contribution is 2.23. The fraction of sp³-hybridized carbons (Fsp3) is 0.250. The normalized spacial score (nSPS) is 10.7. The Bertz CT molecular complexity index is 566. The predicted octanol–water partition coefficient (Wildman–Crippen LogP) is 3.09. The van der Waals surface area contributed by atoms with Gasteiger partial charge in [0.2, 0.25) is 11.8 Å². The van der Waals surface area contributed by atoms with Crippen LogP contribution in [0.5, 0.6) is 0 Å². The summed E-state index contributed by atoms with van der Waals surface area (Å²) in [5.41, 5.74) is 0.793. The second kappa shape index (κ2) is 5.30. The first-order chi connectivity index (χ1) is 8.56. The molecule has 0 spiro atoms. The van der Waals surface area contributed by atoms with Gasteiger partial charge in [-0.2, -0.15) is 0 Å². The standard InChI is InChI=1S/C12H12BrN3O2/c1-7(2)10(17)14-12-16-15-11(18-12)8-4-3-5-9(13)6-8/h3-7H,1-2H3,(H,14,16,17). The highest BCUT2D eigenvalue weighted by Gasteiger charge is 2.13. The van der Waals surface area contributed by atoms with E-state index in [-0.39, 0.29) is 17.8 Å². The number of rotatable bonds is 3. The number of hydrogen-bond donors (Lipinski definition) is 1. The number of carbonyl (C=O) groups is 1. The SMILES string of the molecule is CC(C)C(=O)Nc1nnc(-c2cccc(Br)c2)o1. The summed E-state index contributed by atoms with van der Waals surface area (Å²) in [4.78, 5) is 11.5. The van der Waals surface area contributed by atoms with Gasteiger partial charge < -0.3 is 4.42 Å². The van der Waals surface area contributed by atoms with Gasteiger partial charge in [0, 0.05) is 16.0 Å². The summed E-state index contributed by atoms with van der Waals surface area (Å²) in [6.45, 7) is 3.59. The van der Waals surface area contributed by atoms with E-state index in [1.165, 1.54) is 0 Å². The Morgan fingerprint density at radius 3 is 2.83 bits per heavy atom. The molecule has 2 aromatic rings. The molecule has 2 rings (SSSR count). The molecule has 18 heavy (non-hydrogen) atoms. The van der Waals surface area contributed by atoms with Crippen LogP contribution in [0.1, 0.15) is 13.8 Å². The Labute approximate surface area is 113 Å². The number of benzene rings is 1. The summed E-state index contributed by atoms with van der Waals surface area (Å²) in [7, 11) is 0. The predicted molar refractivity (Wildman–Crippen MR) is 70.9 cm³/mol. The van der Waals surface area contributed by atoms with Crippen molar-refractivity contribution in [3.8, 4) is 11.5 Å². The summed E-state index contributed by atoms with van der Waals surface area (Å²) >= 11 is 3.37. The average Bonchev–Trinajstić information content (AvgIpc) is 2.77. The van der Waals surface area contributed by atoms with Gasteiger partial charge in [-0.1, -0.05) is 40.9 Å². The number of halogens is 1. The lowest BCUT2D eigenvalue weighted by molar-refractivity contribution is -0.119. The lowest BCUT2D eigenvalue weighted by Crippen LogP contribution is -2.17. The molecule has 0 saturated carbocycles. The number of aromatic nitrogens is 2. The van der Waals surface area contributed by atoms with Crippen molar-refractivity contribution in [1.82, 2.24) is 10.2 Å². The monoisotopic (exact) mass is 309 g/mol. The van der Waals surface area contributed by atoms with Crippen molar-refractivity contribution in [2.75, 3.05) is 5.32 Å². The van der Waals surface area contributed by atoms with E-state index in [2.05, 4.69) is 31.4 Å². The number of carbonyl (C=O) groups excluding carboxylic acids is 1. The lowest BCUT2D eigenvalue weighted by Gasteiger charge is -2.01. The van der Waals surface area contributed by atoms with E-state index in [0.717, 1.165) is 10.0 Å². The van der Waals surface area contributed by atoms with Crippen molar-refractivity contribution in [3.63, 3.8) is 0 Å². The molecule has 0 fully saturated rings. The van der Waals surface area contributed by atoms with Gasteiger partial charge >= 0.3 is 6.01 Å². The third-order valence-electron chi connectivity index (χ3n) is 2.25. The van der Waals surface area contributed by atoms with Crippen LogP contribution >= 0.6 is 15.9 Å². The third-order valence-corrected chi connectivity index (χ3v) is 2.74. The van der Waals surface area contributed by atoms with Crippen LogP contribution in [0.15, 0.2) is 33.2 Å². The first-order valence-corrected chi connectivity index (χ1v) is 6.26. The molecule has 0 aliphatic carbocycles. The fourth-order valence-electron chi connectivity index (χ4n) is 1.26. The maximum Gasteiger partial charge on any atom is 0.322 e. The van der Waals surface area contributed by atoms with Gasteiger partial charge in [0.05, 0.1) is 0 Å². The molecule has 0 bridgehead atoms. The minimum atomic E-state index is -0.153. The molecule has 94 valence electrons. The fourth-order valence-corrected chi connectivity index (χ4v) is 1.66. The van der Waals surface area contributed by atoms with E-state index in [0.29, 0.717) is 5.89 Å². The molecular weight excluding hydrogens is 298 g/mol. The Morgan fingerprint density at radius 1 is 1.39 bits per heavy atom. The number of nitrogens with one attached hydrogen (secondary N) is 1. The largest absolute Gasteiger partial charge is 0.403 e. The van der Waals surface area contributed by atoms with Crippen LogP contribution in [-0.4, -0.2) is 16.1 Å². The maximum absolute atomic E-state index is 11.5. The summed E-state index contributed by atoms with van der Waals surface area (Å²) < 4.78 is 6.29. The van der Waals surface area contributed by atoms with Gasteiger partial charge in [0.15, 0.2) is 0 Å². The molecule has 0 aliphatic rings. The van der Waals surface area contributed by atoms with Crippen molar-refractivity contribution < 1.29 is 9.21 Å². The van der Waals surface area contributed by atoms with Crippen LogP contribution < -0.4 is 5.32 Å². The first kappa shape index (κ1) is 12.8. The number of amides is 1. The molecule has 5 nitrogen and oxygen atoms in total. The Morgan fingerprint density at radius 2 is 2.17 bits per heavy atom. The summed E-state index contributed by atoms with van der Waals surface area (Å²) in [5, 5.41) is 10.2. The summed E-state index contributed by atoms with van der Waals surface area (Å²) in [5.74, 6) is 0.0843. The first-order valence-electron chi connectivity index (χ1n) is 5.46. The molecule has 1 aromatic heterocycles. The number of hydrogen-bond acceptors (Lipinski definition) is 4. The van der Waals surface area contributed by atoms with Crippen LogP contribution in [0.25, 0.3) is 11.5 Å². The van der Waals surface area contributed by atoms with Gasteiger partial charge in [0.1, 0.15) is 0 Å². The summed E-state index contributed by atoms with van der Waals surface area (Å²) in [6.07, 6.45) is 0. The van der Waals surface area contributed by atoms with Crippen molar-refractivity contribution >= 4 is 27.9 Å². The van der Waals surface area contributed by atoms with Gasteiger partial charge in [-0.05, 0) is 18.2 Å². The molecule has 6 heteroatoms. The van der Waals surface area contributed by atoms with Crippen LogP contribution in [0.2, 0.25) is 0 Å². The van der Waals surface area contributed by atoms with E-state index in [1.807, 2.05) is 24.3 Å². The van der Waals surface area contributed by atoms with Crippen LogP contribution in [-0.2, 0) is 4.79 Å². The molecule has 1 amide bonds. The zero-order chi connectivity index (χ0) is 13.1. The van der Waals surface area contributed by atoms with Crippen molar-refractivity contribution in [2.45, 2.75) is 13.8 Å². The van der Waals surface area contributed by atoms with Gasteiger partial charge in [-0.3, -0.25) is 10.1 Å². The van der Waals surface area contributed by atoms with Crippen molar-refractivity contribution in [2.24, 2.45) is 5.92 Å². The van der Waals surface area contributed by atoms with Gasteiger partial charge in [-0.15, -0.1) is 5.10 Å². The van der Waals surface area contributed by atoms with Crippen molar-refractivity contribution in [3.05, 3.63) is 28.7 Å². The lowest BCUT2D eigenvalue weighted by atomic mass is 10.2. The van der Waals surface area contributed by atoms with E-state index in [9.17, 15) is 4.79 Å². The molecule has 0 unspecified atom stereocenters. The van der Waals surface area contributed by atoms with E-state index in [1.54, 1.807) is 13.8 Å². The summed E-state index contributed by atoms with van der Waals surface area (Å²) in [6, 6.07) is 7.61. The minimum Gasteiger partial charge on any atom is -0.403 e. The van der Waals surface area contributed by atoms with Crippen LogP contribution in [0.4, 0.5) is 6.01 Å². The smallest absolute Gasteiger partial charge is 0.322 e. The number of anilines is 1. The Kier molecular flexibility index (Phi) is 3.76. The molecule has 1 heterocycles. The molecule has 1 N–H and O–H groups in total. The average molecular weight is 310 g/mol. The molecule has 0 radical (unpaired) electrons. The van der Waals surface area contributed by atoms with E-state index < -0.39 is 0 Å². The second-order valence-electron chi connectivity index (χ2n) is 4.07. The molecular formula is C12H12BrN3O2. The highest BCUT2D eigenvalue weighted by atomic mass is 79.9. The highest BCUT2D eigenvalue weighted by molar-refractivity contribution is 9.10. The van der Waals surface area contributed by atoms with Gasteiger partial charge in [-0.25, -0.2) is 0 Å². The quantitative estimate of drug-likeness (QED) is 0.946. The molecule has 0 aliphatic heterocycles. The van der Waals surface area contributed by atoms with Crippen molar-refractivity contribution in [1.29, 1.82) is 0 Å². The zero-order valence-electron chi connectivity index (χ0n) is 9.98. The minimum absolute atomic E-state index is 0.115. The Balaban J connectivity index is 2.18. The molecule has 1 aromatic carbocycles.